The van der Waals surface area contributed by atoms with Crippen LogP contribution in [0.4, 0.5) is 11.4 Å². The monoisotopic (exact) mass is 228 g/mol. The molecule has 0 aliphatic carbocycles. The summed E-state index contributed by atoms with van der Waals surface area (Å²) < 4.78 is 1.83. The van der Waals surface area contributed by atoms with Gasteiger partial charge in [-0.2, -0.15) is 5.10 Å². The highest BCUT2D eigenvalue weighted by molar-refractivity contribution is 5.74. The average Bonchev–Trinajstić information content (AvgIpc) is 2.88. The van der Waals surface area contributed by atoms with Gasteiger partial charge in [-0.1, -0.05) is 12.1 Å². The molecule has 0 fully saturated rings. The Balaban J connectivity index is 1.89. The number of rotatable bonds is 2. The summed E-state index contributed by atoms with van der Waals surface area (Å²) >= 11 is 0. The molecule has 1 aromatic carbocycles. The quantitative estimate of drug-likeness (QED) is 0.794. The normalized spacial score (nSPS) is 14.1. The van der Waals surface area contributed by atoms with E-state index in [9.17, 15) is 0 Å². The summed E-state index contributed by atoms with van der Waals surface area (Å²) in [6.45, 7) is 1.92. The van der Waals surface area contributed by atoms with Crippen molar-refractivity contribution in [3.63, 3.8) is 0 Å². The molecule has 0 atom stereocenters. The molecule has 2 aromatic rings. The average molecular weight is 228 g/mol. The van der Waals surface area contributed by atoms with Crippen LogP contribution >= 0.6 is 0 Å². The van der Waals surface area contributed by atoms with Crippen LogP contribution in [0.2, 0.25) is 0 Å². The zero-order chi connectivity index (χ0) is 11.8. The first-order valence-electron chi connectivity index (χ1n) is 5.84. The number of nitrogens with two attached hydrogens (primary N) is 1. The molecule has 1 aliphatic heterocycles. The van der Waals surface area contributed by atoms with Crippen LogP contribution in [0.1, 0.15) is 11.1 Å². The molecule has 0 radical (unpaired) electrons. The van der Waals surface area contributed by atoms with Crippen molar-refractivity contribution in [2.45, 2.75) is 13.0 Å². The Morgan fingerprint density at radius 2 is 2.29 bits per heavy atom. The number of fused-ring (bicyclic) bond motifs is 1. The summed E-state index contributed by atoms with van der Waals surface area (Å²) in [4.78, 5) is 2.34. The van der Waals surface area contributed by atoms with Gasteiger partial charge in [0.05, 0.1) is 17.6 Å². The zero-order valence-electron chi connectivity index (χ0n) is 9.93. The molecule has 0 spiro atoms. The predicted octanol–water partition coefficient (Wildman–Crippen LogP) is 1.56. The van der Waals surface area contributed by atoms with Gasteiger partial charge < -0.3 is 10.6 Å². The van der Waals surface area contributed by atoms with Crippen LogP contribution in [-0.4, -0.2) is 16.3 Å². The van der Waals surface area contributed by atoms with Gasteiger partial charge in [0.2, 0.25) is 0 Å². The number of anilines is 2. The second kappa shape index (κ2) is 3.80. The van der Waals surface area contributed by atoms with Gasteiger partial charge in [-0.05, 0) is 18.1 Å². The van der Waals surface area contributed by atoms with Crippen molar-refractivity contribution in [1.82, 2.24) is 9.78 Å². The van der Waals surface area contributed by atoms with Crippen molar-refractivity contribution >= 4 is 11.4 Å². The van der Waals surface area contributed by atoms with Gasteiger partial charge in [0, 0.05) is 31.9 Å². The maximum absolute atomic E-state index is 6.06. The third kappa shape index (κ3) is 1.75. The van der Waals surface area contributed by atoms with Crippen LogP contribution in [0, 0.1) is 0 Å². The van der Waals surface area contributed by atoms with Crippen LogP contribution < -0.4 is 10.6 Å². The van der Waals surface area contributed by atoms with E-state index in [1.54, 1.807) is 0 Å². The fourth-order valence-corrected chi connectivity index (χ4v) is 2.50. The highest BCUT2D eigenvalue weighted by Gasteiger charge is 2.21. The number of benzene rings is 1. The van der Waals surface area contributed by atoms with E-state index in [1.165, 1.54) is 16.8 Å². The van der Waals surface area contributed by atoms with Gasteiger partial charge in [0.25, 0.3) is 0 Å². The third-order valence-electron chi connectivity index (χ3n) is 3.25. The lowest BCUT2D eigenvalue weighted by Crippen LogP contribution is -2.20. The van der Waals surface area contributed by atoms with Gasteiger partial charge in [0.1, 0.15) is 0 Å². The number of para-hydroxylation sites is 1. The first-order valence-corrected chi connectivity index (χ1v) is 5.84. The number of hydrogen-bond acceptors (Lipinski definition) is 3. The summed E-state index contributed by atoms with van der Waals surface area (Å²) in [5.41, 5.74) is 10.7. The van der Waals surface area contributed by atoms with E-state index in [-0.39, 0.29) is 0 Å². The maximum atomic E-state index is 6.06. The van der Waals surface area contributed by atoms with Crippen molar-refractivity contribution in [3.05, 3.63) is 41.7 Å². The molecular weight excluding hydrogens is 212 g/mol. The number of aryl methyl sites for hydroxylation is 1. The molecule has 0 bridgehead atoms. The molecule has 17 heavy (non-hydrogen) atoms. The van der Waals surface area contributed by atoms with Crippen molar-refractivity contribution in [1.29, 1.82) is 0 Å². The minimum Gasteiger partial charge on any atom is -0.397 e. The minimum atomic E-state index is 0.879. The SMILES string of the molecule is Cn1cc(CN2CCc3cccc(N)c32)cn1. The molecule has 2 N–H and O–H groups in total. The molecule has 4 heteroatoms. The fourth-order valence-electron chi connectivity index (χ4n) is 2.50. The summed E-state index contributed by atoms with van der Waals surface area (Å²) in [6, 6.07) is 6.16. The number of nitrogens with zero attached hydrogens (tertiary/aromatic N) is 3. The number of hydrogen-bond donors (Lipinski definition) is 1. The van der Waals surface area contributed by atoms with Gasteiger partial charge in [-0.15, -0.1) is 0 Å². The van der Waals surface area contributed by atoms with Crippen molar-refractivity contribution in [2.24, 2.45) is 7.05 Å². The molecule has 2 heterocycles. The Labute approximate surface area is 101 Å². The molecule has 3 rings (SSSR count). The van der Waals surface area contributed by atoms with Gasteiger partial charge in [-0.25, -0.2) is 0 Å². The van der Waals surface area contributed by atoms with Crippen LogP contribution in [0.3, 0.4) is 0 Å². The van der Waals surface area contributed by atoms with Crippen LogP contribution in [0.25, 0.3) is 0 Å². The Morgan fingerprint density at radius 1 is 1.41 bits per heavy atom. The lowest BCUT2D eigenvalue weighted by atomic mass is 10.1. The highest BCUT2D eigenvalue weighted by Crippen LogP contribution is 2.34. The van der Waals surface area contributed by atoms with Crippen molar-refractivity contribution < 1.29 is 0 Å². The van der Waals surface area contributed by atoms with E-state index < -0.39 is 0 Å². The van der Waals surface area contributed by atoms with Gasteiger partial charge >= 0.3 is 0 Å². The second-order valence-electron chi connectivity index (χ2n) is 4.55. The molecule has 0 amide bonds. The van der Waals surface area contributed by atoms with Crippen LogP contribution in [0.15, 0.2) is 30.6 Å². The Bertz CT molecular complexity index is 544. The molecule has 0 saturated heterocycles. The zero-order valence-corrected chi connectivity index (χ0v) is 9.93. The summed E-state index contributed by atoms with van der Waals surface area (Å²) in [5, 5.41) is 4.20. The molecular formula is C13H16N4. The molecule has 1 aliphatic rings. The fraction of sp³-hybridized carbons (Fsp3) is 0.308. The first kappa shape index (κ1) is 10.2. The lowest BCUT2D eigenvalue weighted by molar-refractivity contribution is 0.765. The molecule has 0 unspecified atom stereocenters. The standard InChI is InChI=1S/C13H16N4/c1-16-8-10(7-15-16)9-17-6-5-11-3-2-4-12(14)13(11)17/h2-4,7-8H,5-6,9,14H2,1H3. The van der Waals surface area contributed by atoms with Crippen LogP contribution in [0.5, 0.6) is 0 Å². The Kier molecular flexibility index (Phi) is 2.28. The van der Waals surface area contributed by atoms with E-state index in [1.807, 2.05) is 30.1 Å². The molecule has 88 valence electrons. The van der Waals surface area contributed by atoms with E-state index in [0.29, 0.717) is 0 Å². The summed E-state index contributed by atoms with van der Waals surface area (Å²) in [5.74, 6) is 0. The third-order valence-corrected chi connectivity index (χ3v) is 3.25. The van der Waals surface area contributed by atoms with E-state index in [0.717, 1.165) is 25.2 Å². The predicted molar refractivity (Wildman–Crippen MR) is 68.8 cm³/mol. The number of aromatic nitrogens is 2. The van der Waals surface area contributed by atoms with E-state index in [4.69, 9.17) is 5.73 Å². The van der Waals surface area contributed by atoms with E-state index in [2.05, 4.69) is 22.3 Å². The number of nitrogen functional groups attached to an aromatic ring is 1. The highest BCUT2D eigenvalue weighted by atomic mass is 15.2. The topological polar surface area (TPSA) is 47.1 Å². The van der Waals surface area contributed by atoms with Crippen LogP contribution in [-0.2, 0) is 20.0 Å². The molecule has 1 aromatic heterocycles. The Morgan fingerprint density at radius 3 is 3.06 bits per heavy atom. The summed E-state index contributed by atoms with van der Waals surface area (Å²) in [7, 11) is 1.94. The van der Waals surface area contributed by atoms with E-state index >= 15 is 0 Å². The second-order valence-corrected chi connectivity index (χ2v) is 4.55. The first-order chi connectivity index (χ1) is 8.24. The largest absolute Gasteiger partial charge is 0.397 e. The van der Waals surface area contributed by atoms with Crippen molar-refractivity contribution in [3.8, 4) is 0 Å². The Hall–Kier alpha value is -1.97. The van der Waals surface area contributed by atoms with Crippen molar-refractivity contribution in [2.75, 3.05) is 17.2 Å². The maximum Gasteiger partial charge on any atom is 0.0636 e. The van der Waals surface area contributed by atoms with Gasteiger partial charge in [-0.3, -0.25) is 4.68 Å². The van der Waals surface area contributed by atoms with Gasteiger partial charge in [0.15, 0.2) is 0 Å². The smallest absolute Gasteiger partial charge is 0.0636 e. The minimum absolute atomic E-state index is 0.879. The molecule has 4 nitrogen and oxygen atoms in total. The lowest BCUT2D eigenvalue weighted by Gasteiger charge is -2.20. The summed E-state index contributed by atoms with van der Waals surface area (Å²) in [6.07, 6.45) is 5.05. The molecule has 0 saturated carbocycles.